The zero-order chi connectivity index (χ0) is 18.4. The van der Waals surface area contributed by atoms with Crippen LogP contribution in [0.3, 0.4) is 0 Å². The summed E-state index contributed by atoms with van der Waals surface area (Å²) in [7, 11) is 0. The van der Waals surface area contributed by atoms with Crippen molar-refractivity contribution in [3.63, 3.8) is 0 Å². The topological polar surface area (TPSA) is 73.2 Å². The Hall–Kier alpha value is -2.78. The molecule has 0 saturated heterocycles. The fourth-order valence-corrected chi connectivity index (χ4v) is 2.53. The highest BCUT2D eigenvalue weighted by atomic mass is 35.5. The highest BCUT2D eigenvalue weighted by Gasteiger charge is 2.21. The minimum Gasteiger partial charge on any atom is -0.452 e. The summed E-state index contributed by atoms with van der Waals surface area (Å²) >= 11 is 6.17. The lowest BCUT2D eigenvalue weighted by Crippen LogP contribution is -2.29. The van der Waals surface area contributed by atoms with Crippen LogP contribution in [-0.2, 0) is 16.1 Å². The summed E-state index contributed by atoms with van der Waals surface area (Å²) in [5.41, 5.74) is 2.41. The van der Waals surface area contributed by atoms with E-state index in [4.69, 9.17) is 22.8 Å². The summed E-state index contributed by atoms with van der Waals surface area (Å²) in [5.74, 6) is 1.22. The lowest BCUT2D eigenvalue weighted by molar-refractivity contribution is -0.123. The number of amides is 1. The van der Waals surface area contributed by atoms with E-state index in [0.717, 1.165) is 5.56 Å². The van der Waals surface area contributed by atoms with Gasteiger partial charge < -0.3 is 10.1 Å². The first kappa shape index (κ1) is 18.6. The second-order valence-corrected chi connectivity index (χ2v) is 5.76. The first-order chi connectivity index (χ1) is 11.9. The molecule has 0 fully saturated rings. The SMILES string of the molecule is C#CCNC(=O)COC(=O)c1c(C)nn(Cc2ccccc2Cl)c1C. The average molecular weight is 360 g/mol. The zero-order valence-electron chi connectivity index (χ0n) is 14.0. The molecule has 6 nitrogen and oxygen atoms in total. The van der Waals surface area contributed by atoms with Crippen molar-refractivity contribution in [1.29, 1.82) is 0 Å². The maximum Gasteiger partial charge on any atom is 0.342 e. The maximum atomic E-state index is 12.3. The molecule has 0 atom stereocenters. The predicted octanol–water partition coefficient (Wildman–Crippen LogP) is 2.11. The van der Waals surface area contributed by atoms with E-state index in [1.54, 1.807) is 24.6 Å². The van der Waals surface area contributed by atoms with Gasteiger partial charge in [-0.05, 0) is 25.5 Å². The van der Waals surface area contributed by atoms with E-state index in [0.29, 0.717) is 28.5 Å². The molecule has 0 aliphatic rings. The van der Waals surface area contributed by atoms with Crippen molar-refractivity contribution in [1.82, 2.24) is 15.1 Å². The van der Waals surface area contributed by atoms with Crippen LogP contribution in [0.4, 0.5) is 0 Å². The number of aromatic nitrogens is 2. The third-order valence-electron chi connectivity index (χ3n) is 3.59. The Balaban J connectivity index is 2.11. The summed E-state index contributed by atoms with van der Waals surface area (Å²) in [6, 6.07) is 7.43. The van der Waals surface area contributed by atoms with Crippen LogP contribution in [0.25, 0.3) is 0 Å². The molecule has 25 heavy (non-hydrogen) atoms. The van der Waals surface area contributed by atoms with Crippen LogP contribution in [0.5, 0.6) is 0 Å². The molecule has 7 heteroatoms. The molecule has 0 spiro atoms. The number of nitrogens with zero attached hydrogens (tertiary/aromatic N) is 2. The molecular formula is C18H18ClN3O3. The van der Waals surface area contributed by atoms with Gasteiger partial charge in [-0.1, -0.05) is 35.7 Å². The minimum absolute atomic E-state index is 0.0875. The Bertz CT molecular complexity index is 837. The van der Waals surface area contributed by atoms with Gasteiger partial charge in [-0.2, -0.15) is 5.10 Å². The molecule has 0 bridgehead atoms. The van der Waals surface area contributed by atoms with Crippen molar-refractivity contribution in [3.05, 3.63) is 51.8 Å². The Morgan fingerprint density at radius 1 is 1.36 bits per heavy atom. The lowest BCUT2D eigenvalue weighted by Gasteiger charge is -2.07. The van der Waals surface area contributed by atoms with E-state index in [1.807, 2.05) is 18.2 Å². The largest absolute Gasteiger partial charge is 0.452 e. The van der Waals surface area contributed by atoms with E-state index in [1.165, 1.54) is 0 Å². The van der Waals surface area contributed by atoms with Crippen LogP contribution in [0.15, 0.2) is 24.3 Å². The minimum atomic E-state index is -0.601. The molecule has 130 valence electrons. The van der Waals surface area contributed by atoms with Crippen LogP contribution in [-0.4, -0.2) is 34.8 Å². The molecule has 1 heterocycles. The molecule has 1 N–H and O–H groups in total. The number of benzene rings is 1. The number of halogens is 1. The Kier molecular flexibility index (Phi) is 6.20. The third-order valence-corrected chi connectivity index (χ3v) is 3.95. The lowest BCUT2D eigenvalue weighted by atomic mass is 10.2. The smallest absolute Gasteiger partial charge is 0.342 e. The van der Waals surface area contributed by atoms with Gasteiger partial charge in [0.2, 0.25) is 0 Å². The van der Waals surface area contributed by atoms with E-state index in [-0.39, 0.29) is 6.54 Å². The first-order valence-corrected chi connectivity index (χ1v) is 7.96. The molecule has 2 aromatic rings. The van der Waals surface area contributed by atoms with E-state index < -0.39 is 18.5 Å². The van der Waals surface area contributed by atoms with Crippen molar-refractivity contribution in [2.24, 2.45) is 0 Å². The van der Waals surface area contributed by atoms with Gasteiger partial charge in [-0.15, -0.1) is 6.42 Å². The second-order valence-electron chi connectivity index (χ2n) is 5.35. The van der Waals surface area contributed by atoms with Crippen molar-refractivity contribution < 1.29 is 14.3 Å². The van der Waals surface area contributed by atoms with Crippen molar-refractivity contribution >= 4 is 23.5 Å². The van der Waals surface area contributed by atoms with Crippen LogP contribution in [0, 0.1) is 26.2 Å². The first-order valence-electron chi connectivity index (χ1n) is 7.58. The number of ether oxygens (including phenoxy) is 1. The molecule has 0 saturated carbocycles. The summed E-state index contributed by atoms with van der Waals surface area (Å²) < 4.78 is 6.72. The normalized spacial score (nSPS) is 10.2. The second kappa shape index (κ2) is 8.36. The third kappa shape index (κ3) is 4.61. The highest BCUT2D eigenvalue weighted by Crippen LogP contribution is 2.20. The van der Waals surface area contributed by atoms with Gasteiger partial charge >= 0.3 is 5.97 Å². The van der Waals surface area contributed by atoms with Crippen molar-refractivity contribution in [2.45, 2.75) is 20.4 Å². The maximum absolute atomic E-state index is 12.3. The summed E-state index contributed by atoms with van der Waals surface area (Å²) in [5, 5.41) is 7.43. The van der Waals surface area contributed by atoms with Crippen molar-refractivity contribution in [2.75, 3.05) is 13.2 Å². The highest BCUT2D eigenvalue weighted by molar-refractivity contribution is 6.31. The molecule has 1 amide bonds. The average Bonchev–Trinajstić information content (AvgIpc) is 2.86. The number of carbonyl (C=O) groups is 2. The van der Waals surface area contributed by atoms with Crippen LogP contribution >= 0.6 is 11.6 Å². The number of nitrogens with one attached hydrogen (secondary N) is 1. The molecule has 0 aliphatic heterocycles. The summed E-state index contributed by atoms with van der Waals surface area (Å²) in [4.78, 5) is 23.7. The monoisotopic (exact) mass is 359 g/mol. The van der Waals surface area contributed by atoms with E-state index in [9.17, 15) is 9.59 Å². The Morgan fingerprint density at radius 2 is 2.08 bits per heavy atom. The Labute approximate surface area is 151 Å². The molecule has 0 unspecified atom stereocenters. The van der Waals surface area contributed by atoms with Gasteiger partial charge in [0.05, 0.1) is 24.5 Å². The molecule has 1 aromatic carbocycles. The number of hydrogen-bond donors (Lipinski definition) is 1. The van der Waals surface area contributed by atoms with Gasteiger partial charge in [-0.25, -0.2) is 4.79 Å². The number of esters is 1. The Morgan fingerprint density at radius 3 is 2.76 bits per heavy atom. The van der Waals surface area contributed by atoms with Crippen LogP contribution in [0.2, 0.25) is 5.02 Å². The van der Waals surface area contributed by atoms with Gasteiger partial charge in [0.25, 0.3) is 5.91 Å². The van der Waals surface area contributed by atoms with Crippen molar-refractivity contribution in [3.8, 4) is 12.3 Å². The standard InChI is InChI=1S/C18H18ClN3O3/c1-4-9-20-16(23)11-25-18(24)17-12(2)21-22(13(17)3)10-14-7-5-6-8-15(14)19/h1,5-8H,9-11H2,2-3H3,(H,20,23). The number of rotatable bonds is 6. The predicted molar refractivity (Wildman–Crippen MR) is 94.4 cm³/mol. The number of aryl methyl sites for hydroxylation is 1. The summed E-state index contributed by atoms with van der Waals surface area (Å²) in [6.45, 7) is 3.61. The van der Waals surface area contributed by atoms with E-state index in [2.05, 4.69) is 16.3 Å². The molecule has 0 radical (unpaired) electrons. The fraction of sp³-hybridized carbons (Fsp3) is 0.278. The molecular weight excluding hydrogens is 342 g/mol. The number of carbonyl (C=O) groups excluding carboxylic acids is 2. The van der Waals surface area contributed by atoms with Gasteiger partial charge in [-0.3, -0.25) is 9.48 Å². The van der Waals surface area contributed by atoms with Crippen LogP contribution < -0.4 is 5.32 Å². The van der Waals surface area contributed by atoms with Gasteiger partial charge in [0, 0.05) is 5.02 Å². The number of hydrogen-bond acceptors (Lipinski definition) is 4. The zero-order valence-corrected chi connectivity index (χ0v) is 14.8. The summed E-state index contributed by atoms with van der Waals surface area (Å²) in [6.07, 6.45) is 5.05. The fourth-order valence-electron chi connectivity index (χ4n) is 2.34. The van der Waals surface area contributed by atoms with Gasteiger partial charge in [0.15, 0.2) is 6.61 Å². The molecule has 2 rings (SSSR count). The van der Waals surface area contributed by atoms with Crippen LogP contribution in [0.1, 0.15) is 27.3 Å². The van der Waals surface area contributed by atoms with E-state index >= 15 is 0 Å². The number of terminal acetylenes is 1. The quantitative estimate of drug-likeness (QED) is 0.633. The molecule has 0 aliphatic carbocycles. The van der Waals surface area contributed by atoms with Gasteiger partial charge in [0.1, 0.15) is 5.56 Å². The molecule has 1 aromatic heterocycles.